The van der Waals surface area contributed by atoms with Crippen molar-refractivity contribution in [3.8, 4) is 0 Å². The molecule has 1 aliphatic rings. The fourth-order valence-electron chi connectivity index (χ4n) is 1.60. The molecule has 0 spiro atoms. The summed E-state index contributed by atoms with van der Waals surface area (Å²) in [6.07, 6.45) is 2.88. The largest absolute Gasteiger partial charge is 0.315 e. The second-order valence-electron chi connectivity index (χ2n) is 4.34. The van der Waals surface area contributed by atoms with Crippen molar-refractivity contribution in [1.29, 1.82) is 0 Å². The molecule has 84 valence electrons. The van der Waals surface area contributed by atoms with Crippen LogP contribution in [-0.4, -0.2) is 19.6 Å². The van der Waals surface area contributed by atoms with Crippen LogP contribution in [0.3, 0.4) is 0 Å². The summed E-state index contributed by atoms with van der Waals surface area (Å²) in [4.78, 5) is 2.84. The SMILES string of the molecule is Cc1ccc(CNCCNCC2CC2)s1. The summed E-state index contributed by atoms with van der Waals surface area (Å²) in [5, 5.41) is 6.94. The lowest BCUT2D eigenvalue weighted by atomic mass is 10.4. The van der Waals surface area contributed by atoms with Crippen molar-refractivity contribution >= 4 is 11.3 Å². The van der Waals surface area contributed by atoms with Crippen LogP contribution in [-0.2, 0) is 6.54 Å². The minimum absolute atomic E-state index is 0.991. The lowest BCUT2D eigenvalue weighted by molar-refractivity contribution is 0.591. The molecule has 2 nitrogen and oxygen atoms in total. The van der Waals surface area contributed by atoms with Gasteiger partial charge in [0.2, 0.25) is 0 Å². The van der Waals surface area contributed by atoms with E-state index in [2.05, 4.69) is 29.7 Å². The zero-order valence-corrected chi connectivity index (χ0v) is 10.2. The molecule has 1 heterocycles. The number of hydrogen-bond donors (Lipinski definition) is 2. The van der Waals surface area contributed by atoms with Gasteiger partial charge in [0, 0.05) is 29.4 Å². The first kappa shape index (κ1) is 11.1. The smallest absolute Gasteiger partial charge is 0.0300 e. The van der Waals surface area contributed by atoms with Crippen LogP contribution in [0.5, 0.6) is 0 Å². The van der Waals surface area contributed by atoms with Crippen molar-refractivity contribution in [3.05, 3.63) is 21.9 Å². The van der Waals surface area contributed by atoms with Gasteiger partial charge in [0.25, 0.3) is 0 Å². The van der Waals surface area contributed by atoms with Crippen LogP contribution in [0.1, 0.15) is 22.6 Å². The molecule has 0 amide bonds. The first-order valence-corrected chi connectivity index (χ1v) is 6.63. The van der Waals surface area contributed by atoms with Crippen molar-refractivity contribution < 1.29 is 0 Å². The average molecular weight is 224 g/mol. The predicted molar refractivity (Wildman–Crippen MR) is 66.4 cm³/mol. The molecule has 1 aromatic rings. The Morgan fingerprint density at radius 3 is 2.73 bits per heavy atom. The number of rotatable bonds is 7. The topological polar surface area (TPSA) is 24.1 Å². The molecule has 1 aromatic heterocycles. The Hall–Kier alpha value is -0.380. The van der Waals surface area contributed by atoms with Gasteiger partial charge in [-0.3, -0.25) is 0 Å². The summed E-state index contributed by atoms with van der Waals surface area (Å²) < 4.78 is 0. The van der Waals surface area contributed by atoms with E-state index in [1.165, 1.54) is 29.1 Å². The molecule has 1 aliphatic carbocycles. The van der Waals surface area contributed by atoms with E-state index in [1.807, 2.05) is 11.3 Å². The normalized spacial score (nSPS) is 15.8. The molecule has 0 atom stereocenters. The molecule has 1 saturated carbocycles. The first-order chi connectivity index (χ1) is 7.34. The van der Waals surface area contributed by atoms with Gasteiger partial charge in [0.05, 0.1) is 0 Å². The summed E-state index contributed by atoms with van der Waals surface area (Å²) in [5.41, 5.74) is 0. The maximum atomic E-state index is 3.48. The quantitative estimate of drug-likeness (QED) is 0.693. The third-order valence-corrected chi connectivity index (χ3v) is 3.70. The Labute approximate surface area is 96.1 Å². The number of thiophene rings is 1. The zero-order valence-electron chi connectivity index (χ0n) is 9.38. The average Bonchev–Trinajstić information content (AvgIpc) is 2.95. The number of nitrogens with one attached hydrogen (secondary N) is 2. The summed E-state index contributed by atoms with van der Waals surface area (Å²) in [6.45, 7) is 6.57. The van der Waals surface area contributed by atoms with Gasteiger partial charge in [-0.1, -0.05) is 0 Å². The van der Waals surface area contributed by atoms with E-state index in [0.717, 1.165) is 25.6 Å². The number of aryl methyl sites for hydroxylation is 1. The Balaban J connectivity index is 1.47. The lowest BCUT2D eigenvalue weighted by Crippen LogP contribution is -2.28. The van der Waals surface area contributed by atoms with Gasteiger partial charge in [0.15, 0.2) is 0 Å². The van der Waals surface area contributed by atoms with E-state index in [9.17, 15) is 0 Å². The summed E-state index contributed by atoms with van der Waals surface area (Å²) in [5.74, 6) is 0.991. The fourth-order valence-corrected chi connectivity index (χ4v) is 2.46. The highest BCUT2D eigenvalue weighted by Gasteiger charge is 2.19. The molecule has 0 bridgehead atoms. The Morgan fingerprint density at radius 2 is 2.07 bits per heavy atom. The molecule has 0 saturated heterocycles. The summed E-state index contributed by atoms with van der Waals surface area (Å²) in [7, 11) is 0. The van der Waals surface area contributed by atoms with Gasteiger partial charge >= 0.3 is 0 Å². The minimum atomic E-state index is 0.991. The van der Waals surface area contributed by atoms with E-state index in [1.54, 1.807) is 0 Å². The lowest BCUT2D eigenvalue weighted by Gasteiger charge is -2.04. The van der Waals surface area contributed by atoms with Gasteiger partial charge in [-0.15, -0.1) is 11.3 Å². The van der Waals surface area contributed by atoms with E-state index in [4.69, 9.17) is 0 Å². The van der Waals surface area contributed by atoms with Gasteiger partial charge in [-0.2, -0.15) is 0 Å². The molecule has 0 radical (unpaired) electrons. The predicted octanol–water partition coefficient (Wildman–Crippen LogP) is 2.15. The van der Waals surface area contributed by atoms with E-state index in [0.29, 0.717) is 0 Å². The Morgan fingerprint density at radius 1 is 1.27 bits per heavy atom. The van der Waals surface area contributed by atoms with Gasteiger partial charge in [0.1, 0.15) is 0 Å². The summed E-state index contributed by atoms with van der Waals surface area (Å²) >= 11 is 1.88. The first-order valence-electron chi connectivity index (χ1n) is 5.81. The van der Waals surface area contributed by atoms with Crippen molar-refractivity contribution in [1.82, 2.24) is 10.6 Å². The highest BCUT2D eigenvalue weighted by atomic mass is 32.1. The van der Waals surface area contributed by atoms with Crippen LogP contribution in [0, 0.1) is 12.8 Å². The van der Waals surface area contributed by atoms with Crippen LogP contribution in [0.4, 0.5) is 0 Å². The van der Waals surface area contributed by atoms with Crippen molar-refractivity contribution in [2.75, 3.05) is 19.6 Å². The fraction of sp³-hybridized carbons (Fsp3) is 0.667. The molecular formula is C12H20N2S. The van der Waals surface area contributed by atoms with Crippen LogP contribution >= 0.6 is 11.3 Å². The Bertz CT molecular complexity index is 292. The second-order valence-corrected chi connectivity index (χ2v) is 5.71. The highest BCUT2D eigenvalue weighted by molar-refractivity contribution is 7.11. The van der Waals surface area contributed by atoms with E-state index < -0.39 is 0 Å². The third kappa shape index (κ3) is 4.33. The second kappa shape index (κ2) is 5.64. The van der Waals surface area contributed by atoms with Crippen LogP contribution in [0.15, 0.2) is 12.1 Å². The maximum absolute atomic E-state index is 3.48. The molecule has 15 heavy (non-hydrogen) atoms. The minimum Gasteiger partial charge on any atom is -0.315 e. The molecule has 2 N–H and O–H groups in total. The van der Waals surface area contributed by atoms with Crippen LogP contribution in [0.25, 0.3) is 0 Å². The Kier molecular flexibility index (Phi) is 4.18. The number of hydrogen-bond acceptors (Lipinski definition) is 3. The van der Waals surface area contributed by atoms with E-state index in [-0.39, 0.29) is 0 Å². The molecule has 0 unspecified atom stereocenters. The van der Waals surface area contributed by atoms with Gasteiger partial charge in [-0.05, 0) is 44.4 Å². The third-order valence-electron chi connectivity index (χ3n) is 2.70. The maximum Gasteiger partial charge on any atom is 0.0300 e. The molecule has 1 fully saturated rings. The highest BCUT2D eigenvalue weighted by Crippen LogP contribution is 2.27. The van der Waals surface area contributed by atoms with Crippen molar-refractivity contribution in [2.45, 2.75) is 26.3 Å². The van der Waals surface area contributed by atoms with Gasteiger partial charge < -0.3 is 10.6 Å². The molecule has 3 heteroatoms. The van der Waals surface area contributed by atoms with Crippen LogP contribution < -0.4 is 10.6 Å². The molecule has 2 rings (SSSR count). The van der Waals surface area contributed by atoms with Crippen LogP contribution in [0.2, 0.25) is 0 Å². The molecular weight excluding hydrogens is 204 g/mol. The van der Waals surface area contributed by atoms with E-state index >= 15 is 0 Å². The van der Waals surface area contributed by atoms with Gasteiger partial charge in [-0.25, -0.2) is 0 Å². The summed E-state index contributed by atoms with van der Waals surface area (Å²) in [6, 6.07) is 4.40. The van der Waals surface area contributed by atoms with Crippen molar-refractivity contribution in [3.63, 3.8) is 0 Å². The van der Waals surface area contributed by atoms with Crippen molar-refractivity contribution in [2.24, 2.45) is 5.92 Å². The monoisotopic (exact) mass is 224 g/mol. The molecule has 0 aromatic carbocycles. The zero-order chi connectivity index (χ0) is 10.5. The standard InChI is InChI=1S/C12H20N2S/c1-10-2-5-12(15-10)9-14-7-6-13-8-11-3-4-11/h2,5,11,13-14H,3-4,6-9H2,1H3. The molecule has 0 aliphatic heterocycles.